The highest BCUT2D eigenvalue weighted by Crippen LogP contribution is 2.29. The van der Waals surface area contributed by atoms with E-state index in [1.165, 1.54) is 24.6 Å². The van der Waals surface area contributed by atoms with E-state index in [2.05, 4.69) is 15.5 Å². The molecular weight excluding hydrogens is 424 g/mol. The zero-order valence-corrected chi connectivity index (χ0v) is 19.2. The highest BCUT2D eigenvalue weighted by molar-refractivity contribution is 7.99. The average Bonchev–Trinajstić information content (AvgIpc) is 3.48. The lowest BCUT2D eigenvalue weighted by Crippen LogP contribution is -2.33. The molecule has 1 heterocycles. The van der Waals surface area contributed by atoms with E-state index in [4.69, 9.17) is 9.47 Å². The lowest BCUT2D eigenvalue weighted by atomic mass is 10.2. The second-order valence-corrected chi connectivity index (χ2v) is 8.73. The average molecular weight is 453 g/mol. The molecule has 1 aromatic heterocycles. The SMILES string of the molecule is COc1cccc(OC(C)c2nnc(SCC(=O)NC3CCCC3)n2-c2ccccc2)c1. The highest BCUT2D eigenvalue weighted by atomic mass is 32.2. The number of carbonyl (C=O) groups is 1. The maximum Gasteiger partial charge on any atom is 0.230 e. The predicted molar refractivity (Wildman–Crippen MR) is 125 cm³/mol. The van der Waals surface area contributed by atoms with Gasteiger partial charge in [0.05, 0.1) is 12.9 Å². The first kappa shape index (κ1) is 22.2. The Bertz CT molecular complexity index is 1030. The molecule has 1 fully saturated rings. The minimum Gasteiger partial charge on any atom is -0.497 e. The number of rotatable bonds is 9. The summed E-state index contributed by atoms with van der Waals surface area (Å²) in [6, 6.07) is 17.7. The van der Waals surface area contributed by atoms with Gasteiger partial charge < -0.3 is 14.8 Å². The second kappa shape index (κ2) is 10.5. The Kier molecular flexibility index (Phi) is 7.32. The molecule has 168 valence electrons. The summed E-state index contributed by atoms with van der Waals surface area (Å²) >= 11 is 1.39. The van der Waals surface area contributed by atoms with Crippen molar-refractivity contribution in [1.82, 2.24) is 20.1 Å². The number of nitrogens with one attached hydrogen (secondary N) is 1. The highest BCUT2D eigenvalue weighted by Gasteiger charge is 2.23. The van der Waals surface area contributed by atoms with Gasteiger partial charge in [-0.25, -0.2) is 0 Å². The summed E-state index contributed by atoms with van der Waals surface area (Å²) in [5.41, 5.74) is 0.923. The number of amides is 1. The number of thioether (sulfide) groups is 1. The van der Waals surface area contributed by atoms with Gasteiger partial charge in [-0.05, 0) is 44.0 Å². The molecule has 0 saturated heterocycles. The Morgan fingerprint density at radius 1 is 1.12 bits per heavy atom. The van der Waals surface area contributed by atoms with Crippen molar-refractivity contribution < 1.29 is 14.3 Å². The Morgan fingerprint density at radius 2 is 1.88 bits per heavy atom. The molecule has 1 unspecified atom stereocenters. The standard InChI is InChI=1S/C24H28N4O3S/c1-17(31-21-14-8-13-20(15-21)30-2)23-26-27-24(28(23)19-11-4-3-5-12-19)32-16-22(29)25-18-9-6-7-10-18/h3-5,8,11-15,17-18H,6-7,9-10,16H2,1-2H3,(H,25,29). The Morgan fingerprint density at radius 3 is 2.62 bits per heavy atom. The Balaban J connectivity index is 1.53. The number of hydrogen-bond donors (Lipinski definition) is 1. The van der Waals surface area contributed by atoms with Crippen molar-refractivity contribution in [2.24, 2.45) is 0 Å². The van der Waals surface area contributed by atoms with Gasteiger partial charge in [-0.15, -0.1) is 10.2 Å². The molecule has 0 spiro atoms. The molecule has 1 aliphatic carbocycles. The van der Waals surface area contributed by atoms with Crippen molar-refractivity contribution in [2.75, 3.05) is 12.9 Å². The predicted octanol–water partition coefficient (Wildman–Crippen LogP) is 4.57. The third-order valence-corrected chi connectivity index (χ3v) is 6.37. The van der Waals surface area contributed by atoms with Gasteiger partial charge in [0.25, 0.3) is 0 Å². The van der Waals surface area contributed by atoms with Gasteiger partial charge >= 0.3 is 0 Å². The number of hydrogen-bond acceptors (Lipinski definition) is 6. The molecule has 7 nitrogen and oxygen atoms in total. The van der Waals surface area contributed by atoms with E-state index >= 15 is 0 Å². The molecule has 8 heteroatoms. The van der Waals surface area contributed by atoms with E-state index < -0.39 is 0 Å². The molecule has 1 aliphatic rings. The number of nitrogens with zero attached hydrogens (tertiary/aromatic N) is 3. The fourth-order valence-electron chi connectivity index (χ4n) is 3.86. The minimum atomic E-state index is -0.364. The van der Waals surface area contributed by atoms with Gasteiger partial charge in [-0.3, -0.25) is 9.36 Å². The summed E-state index contributed by atoms with van der Waals surface area (Å²) < 4.78 is 13.4. The smallest absolute Gasteiger partial charge is 0.230 e. The molecule has 1 saturated carbocycles. The van der Waals surface area contributed by atoms with E-state index in [9.17, 15) is 4.79 Å². The molecule has 1 atom stereocenters. The zero-order chi connectivity index (χ0) is 22.3. The van der Waals surface area contributed by atoms with Crippen LogP contribution < -0.4 is 14.8 Å². The van der Waals surface area contributed by atoms with E-state index in [0.717, 1.165) is 24.3 Å². The topological polar surface area (TPSA) is 78.3 Å². The third-order valence-electron chi connectivity index (χ3n) is 5.44. The molecule has 0 radical (unpaired) electrons. The van der Waals surface area contributed by atoms with Crippen molar-refractivity contribution in [2.45, 2.75) is 49.9 Å². The van der Waals surface area contributed by atoms with Gasteiger partial charge in [-0.1, -0.05) is 48.9 Å². The van der Waals surface area contributed by atoms with Crippen LogP contribution in [0, 0.1) is 0 Å². The maximum absolute atomic E-state index is 12.4. The van der Waals surface area contributed by atoms with Crippen molar-refractivity contribution in [3.63, 3.8) is 0 Å². The van der Waals surface area contributed by atoms with E-state index in [-0.39, 0.29) is 12.0 Å². The van der Waals surface area contributed by atoms with Crippen molar-refractivity contribution >= 4 is 17.7 Å². The van der Waals surface area contributed by atoms with Crippen LogP contribution in [0.5, 0.6) is 11.5 Å². The van der Waals surface area contributed by atoms with Crippen molar-refractivity contribution in [3.8, 4) is 17.2 Å². The fraction of sp³-hybridized carbons (Fsp3) is 0.375. The van der Waals surface area contributed by atoms with Gasteiger partial charge in [0.2, 0.25) is 5.91 Å². The molecule has 1 amide bonds. The van der Waals surface area contributed by atoms with Crippen LogP contribution in [0.15, 0.2) is 59.8 Å². The monoisotopic (exact) mass is 452 g/mol. The molecule has 3 aromatic rings. The van der Waals surface area contributed by atoms with E-state index in [0.29, 0.717) is 28.5 Å². The summed E-state index contributed by atoms with van der Waals surface area (Å²) in [4.78, 5) is 12.4. The molecule has 2 aromatic carbocycles. The van der Waals surface area contributed by atoms with Crippen LogP contribution in [0.25, 0.3) is 5.69 Å². The molecule has 0 bridgehead atoms. The Labute approximate surface area is 192 Å². The number of aromatic nitrogens is 3. The van der Waals surface area contributed by atoms with Crippen LogP contribution in [0.3, 0.4) is 0 Å². The van der Waals surface area contributed by atoms with Crippen molar-refractivity contribution in [1.29, 1.82) is 0 Å². The lowest BCUT2D eigenvalue weighted by Gasteiger charge is -2.17. The van der Waals surface area contributed by atoms with Crippen LogP contribution in [0.2, 0.25) is 0 Å². The van der Waals surface area contributed by atoms with Crippen LogP contribution in [0.1, 0.15) is 44.5 Å². The van der Waals surface area contributed by atoms with Crippen LogP contribution in [-0.2, 0) is 4.79 Å². The van der Waals surface area contributed by atoms with Gasteiger partial charge in [0.15, 0.2) is 17.1 Å². The minimum absolute atomic E-state index is 0.0340. The molecular formula is C24H28N4O3S. The zero-order valence-electron chi connectivity index (χ0n) is 18.4. The first-order chi connectivity index (χ1) is 15.6. The first-order valence-electron chi connectivity index (χ1n) is 10.9. The fourth-order valence-corrected chi connectivity index (χ4v) is 4.63. The summed E-state index contributed by atoms with van der Waals surface area (Å²) in [6.07, 6.45) is 4.15. The van der Waals surface area contributed by atoms with Crippen LogP contribution in [0.4, 0.5) is 0 Å². The van der Waals surface area contributed by atoms with Crippen LogP contribution >= 0.6 is 11.8 Å². The molecule has 0 aliphatic heterocycles. The first-order valence-corrected chi connectivity index (χ1v) is 11.9. The normalized spacial score (nSPS) is 14.8. The quantitative estimate of drug-likeness (QED) is 0.479. The maximum atomic E-state index is 12.4. The molecule has 1 N–H and O–H groups in total. The summed E-state index contributed by atoms with van der Waals surface area (Å²) in [5, 5.41) is 12.6. The number of methoxy groups -OCH3 is 1. The molecule has 4 rings (SSSR count). The lowest BCUT2D eigenvalue weighted by molar-refractivity contribution is -0.119. The number of carbonyl (C=O) groups excluding carboxylic acids is 1. The summed E-state index contributed by atoms with van der Waals surface area (Å²) in [6.45, 7) is 1.93. The third kappa shape index (κ3) is 5.43. The van der Waals surface area contributed by atoms with E-state index in [1.54, 1.807) is 7.11 Å². The number of benzene rings is 2. The Hall–Kier alpha value is -3.00. The largest absolute Gasteiger partial charge is 0.497 e. The number of ether oxygens (including phenoxy) is 2. The summed E-state index contributed by atoms with van der Waals surface area (Å²) in [7, 11) is 1.63. The van der Waals surface area contributed by atoms with Gasteiger partial charge in [0.1, 0.15) is 11.5 Å². The van der Waals surface area contributed by atoms with Gasteiger partial charge in [0, 0.05) is 17.8 Å². The summed E-state index contributed by atoms with van der Waals surface area (Å²) in [5.74, 6) is 2.41. The van der Waals surface area contributed by atoms with Crippen LogP contribution in [-0.4, -0.2) is 39.6 Å². The second-order valence-electron chi connectivity index (χ2n) is 7.79. The number of para-hydroxylation sites is 1. The molecule has 32 heavy (non-hydrogen) atoms. The van der Waals surface area contributed by atoms with Crippen molar-refractivity contribution in [3.05, 3.63) is 60.4 Å². The van der Waals surface area contributed by atoms with Gasteiger partial charge in [-0.2, -0.15) is 0 Å². The van der Waals surface area contributed by atoms with E-state index in [1.807, 2.05) is 66.1 Å².